The summed E-state index contributed by atoms with van der Waals surface area (Å²) in [7, 11) is 0. The van der Waals surface area contributed by atoms with Crippen LogP contribution < -0.4 is 5.32 Å². The zero-order valence-corrected chi connectivity index (χ0v) is 13.9. The third kappa shape index (κ3) is 3.59. The smallest absolute Gasteiger partial charge is 0.225 e. The Morgan fingerprint density at radius 1 is 1.05 bits per heavy atom. The van der Waals surface area contributed by atoms with Gasteiger partial charge in [0.15, 0.2) is 0 Å². The van der Waals surface area contributed by atoms with E-state index in [1.54, 1.807) is 0 Å². The molecule has 1 N–H and O–H groups in total. The van der Waals surface area contributed by atoms with E-state index in [-0.39, 0.29) is 6.04 Å². The Kier molecular flexibility index (Phi) is 5.57. The second kappa shape index (κ2) is 7.20. The lowest BCUT2D eigenvalue weighted by Gasteiger charge is -2.15. The summed E-state index contributed by atoms with van der Waals surface area (Å²) in [4.78, 5) is 8.92. The fourth-order valence-corrected chi connectivity index (χ4v) is 3.28. The van der Waals surface area contributed by atoms with Crippen LogP contribution in [0.5, 0.6) is 0 Å². The highest BCUT2D eigenvalue weighted by Gasteiger charge is 2.13. The Hall–Kier alpha value is -0.910. The van der Waals surface area contributed by atoms with E-state index in [0.717, 1.165) is 10.1 Å². The second-order valence-corrected chi connectivity index (χ2v) is 6.12. The van der Waals surface area contributed by atoms with E-state index in [1.807, 2.05) is 30.7 Å². The maximum absolute atomic E-state index is 6.24. The molecule has 0 amide bonds. The predicted molar refractivity (Wildman–Crippen MR) is 89.1 cm³/mol. The first kappa shape index (κ1) is 15.5. The Bertz CT molecular complexity index is 553. The number of benzene rings is 1. The fraction of sp³-hybridized carbons (Fsp3) is 0.286. The summed E-state index contributed by atoms with van der Waals surface area (Å²) in [6.07, 6.45) is 3.92. The van der Waals surface area contributed by atoms with Crippen molar-refractivity contribution in [2.45, 2.75) is 23.0 Å². The molecule has 0 fully saturated rings. The number of aromatic nitrogens is 2. The molecule has 0 saturated carbocycles. The molecular formula is C14H16ClN3S2. The number of nitrogens with one attached hydrogen (secondary N) is 1. The van der Waals surface area contributed by atoms with E-state index < -0.39 is 0 Å². The maximum atomic E-state index is 6.24. The molecule has 1 unspecified atom stereocenters. The van der Waals surface area contributed by atoms with Gasteiger partial charge < -0.3 is 5.32 Å². The number of thioether (sulfide) groups is 2. The van der Waals surface area contributed by atoms with Crippen LogP contribution in [0, 0.1) is 0 Å². The van der Waals surface area contributed by atoms with Crippen LogP contribution in [-0.2, 0) is 0 Å². The second-order valence-electron chi connectivity index (χ2n) is 4.16. The molecular weight excluding hydrogens is 310 g/mol. The number of halogens is 1. The van der Waals surface area contributed by atoms with E-state index in [2.05, 4.69) is 34.3 Å². The Labute approximate surface area is 132 Å². The van der Waals surface area contributed by atoms with Gasteiger partial charge in [-0.2, -0.15) is 0 Å². The molecule has 1 aromatic heterocycles. The summed E-state index contributed by atoms with van der Waals surface area (Å²) in [5.74, 6) is 0.611. The van der Waals surface area contributed by atoms with Gasteiger partial charge in [-0.05, 0) is 25.0 Å². The van der Waals surface area contributed by atoms with Crippen LogP contribution in [0.3, 0.4) is 0 Å². The molecule has 2 aromatic rings. The summed E-state index contributed by atoms with van der Waals surface area (Å²) in [6.45, 7) is 2.09. The van der Waals surface area contributed by atoms with Crippen molar-refractivity contribution in [2.24, 2.45) is 0 Å². The van der Waals surface area contributed by atoms with Gasteiger partial charge in [0, 0.05) is 0 Å². The van der Waals surface area contributed by atoms with Crippen molar-refractivity contribution >= 4 is 41.1 Å². The van der Waals surface area contributed by atoms with Gasteiger partial charge in [0.1, 0.15) is 15.1 Å². The van der Waals surface area contributed by atoms with Crippen molar-refractivity contribution in [1.29, 1.82) is 0 Å². The highest BCUT2D eigenvalue weighted by molar-refractivity contribution is 7.99. The highest BCUT2D eigenvalue weighted by Crippen LogP contribution is 2.32. The first-order chi connectivity index (χ1) is 9.65. The SMILES string of the molecule is CSc1nc(NC(C)c2ccccc2)nc(SC)c1Cl. The van der Waals surface area contributed by atoms with E-state index in [4.69, 9.17) is 11.6 Å². The van der Waals surface area contributed by atoms with E-state index in [0.29, 0.717) is 11.0 Å². The molecule has 0 aliphatic carbocycles. The van der Waals surface area contributed by atoms with Crippen LogP contribution in [0.15, 0.2) is 40.4 Å². The molecule has 0 bridgehead atoms. The van der Waals surface area contributed by atoms with E-state index in [9.17, 15) is 0 Å². The molecule has 6 heteroatoms. The van der Waals surface area contributed by atoms with Gasteiger partial charge >= 0.3 is 0 Å². The van der Waals surface area contributed by atoms with Crippen LogP contribution in [0.25, 0.3) is 0 Å². The fourth-order valence-electron chi connectivity index (χ4n) is 1.76. The van der Waals surface area contributed by atoms with E-state index >= 15 is 0 Å². The number of hydrogen-bond acceptors (Lipinski definition) is 5. The minimum absolute atomic E-state index is 0.141. The molecule has 0 spiro atoms. The molecule has 106 valence electrons. The van der Waals surface area contributed by atoms with Gasteiger partial charge in [-0.25, -0.2) is 9.97 Å². The van der Waals surface area contributed by atoms with Crippen molar-refractivity contribution in [3.63, 3.8) is 0 Å². The summed E-state index contributed by atoms with van der Waals surface area (Å²) < 4.78 is 0. The van der Waals surface area contributed by atoms with E-state index in [1.165, 1.54) is 29.1 Å². The predicted octanol–water partition coefficient (Wildman–Crippen LogP) is 4.75. The Balaban J connectivity index is 2.25. The Morgan fingerprint density at radius 2 is 1.60 bits per heavy atom. The standard InChI is InChI=1S/C14H16ClN3S2/c1-9(10-7-5-4-6-8-10)16-14-17-12(19-2)11(15)13(18-14)20-3/h4-9H,1-3H3,(H,16,17,18). The summed E-state index contributed by atoms with van der Waals surface area (Å²) in [6, 6.07) is 10.4. The monoisotopic (exact) mass is 325 g/mol. The molecule has 1 aromatic carbocycles. The van der Waals surface area contributed by atoms with Crippen molar-refractivity contribution < 1.29 is 0 Å². The molecule has 0 aliphatic rings. The normalized spacial score (nSPS) is 12.2. The van der Waals surface area contributed by atoms with Crippen LogP contribution in [0.2, 0.25) is 5.02 Å². The lowest BCUT2D eigenvalue weighted by atomic mass is 10.1. The first-order valence-corrected chi connectivity index (χ1v) is 8.95. The van der Waals surface area contributed by atoms with Gasteiger partial charge in [0.05, 0.1) is 6.04 Å². The topological polar surface area (TPSA) is 37.8 Å². The minimum Gasteiger partial charge on any atom is -0.348 e. The zero-order chi connectivity index (χ0) is 14.5. The van der Waals surface area contributed by atoms with Gasteiger partial charge in [-0.15, -0.1) is 23.5 Å². The van der Waals surface area contributed by atoms with Crippen molar-refractivity contribution in [1.82, 2.24) is 9.97 Å². The lowest BCUT2D eigenvalue weighted by molar-refractivity contribution is 0.837. The first-order valence-electron chi connectivity index (χ1n) is 6.12. The number of nitrogens with zero attached hydrogens (tertiary/aromatic N) is 2. The number of anilines is 1. The van der Waals surface area contributed by atoms with Crippen molar-refractivity contribution in [3.05, 3.63) is 40.9 Å². The van der Waals surface area contributed by atoms with Gasteiger partial charge in [0.25, 0.3) is 0 Å². The highest BCUT2D eigenvalue weighted by atomic mass is 35.5. The molecule has 0 aliphatic heterocycles. The third-order valence-corrected chi connectivity index (χ3v) is 4.77. The lowest BCUT2D eigenvalue weighted by Crippen LogP contribution is -2.10. The van der Waals surface area contributed by atoms with Gasteiger partial charge in [-0.1, -0.05) is 41.9 Å². The number of hydrogen-bond donors (Lipinski definition) is 1. The van der Waals surface area contributed by atoms with Gasteiger partial charge in [0.2, 0.25) is 5.95 Å². The molecule has 3 nitrogen and oxygen atoms in total. The summed E-state index contributed by atoms with van der Waals surface area (Å²) >= 11 is 9.29. The number of rotatable bonds is 5. The molecule has 20 heavy (non-hydrogen) atoms. The van der Waals surface area contributed by atoms with Crippen molar-refractivity contribution in [3.8, 4) is 0 Å². The zero-order valence-electron chi connectivity index (χ0n) is 11.6. The maximum Gasteiger partial charge on any atom is 0.225 e. The summed E-state index contributed by atoms with van der Waals surface area (Å²) in [5, 5.41) is 5.55. The quantitative estimate of drug-likeness (QED) is 0.634. The summed E-state index contributed by atoms with van der Waals surface area (Å²) in [5.41, 5.74) is 1.20. The third-order valence-electron chi connectivity index (χ3n) is 2.82. The van der Waals surface area contributed by atoms with Gasteiger partial charge in [-0.3, -0.25) is 0 Å². The minimum atomic E-state index is 0.141. The molecule has 2 rings (SSSR count). The van der Waals surface area contributed by atoms with Crippen LogP contribution in [0.4, 0.5) is 5.95 Å². The van der Waals surface area contributed by atoms with Crippen LogP contribution >= 0.6 is 35.1 Å². The van der Waals surface area contributed by atoms with Crippen LogP contribution in [0.1, 0.15) is 18.5 Å². The average Bonchev–Trinajstić information content (AvgIpc) is 2.49. The Morgan fingerprint density at radius 3 is 2.10 bits per heavy atom. The average molecular weight is 326 g/mol. The van der Waals surface area contributed by atoms with Crippen molar-refractivity contribution in [2.75, 3.05) is 17.8 Å². The molecule has 1 atom stereocenters. The largest absolute Gasteiger partial charge is 0.348 e. The van der Waals surface area contributed by atoms with Crippen LogP contribution in [-0.4, -0.2) is 22.5 Å². The molecule has 1 heterocycles. The molecule has 0 saturated heterocycles. The molecule has 0 radical (unpaired) electrons.